The fourth-order valence-electron chi connectivity index (χ4n) is 2.56. The number of nitrogens with zero attached hydrogens (tertiary/aromatic N) is 1. The Labute approximate surface area is 125 Å². The van der Waals surface area contributed by atoms with Gasteiger partial charge in [0.1, 0.15) is 11.5 Å². The van der Waals surface area contributed by atoms with Crippen molar-refractivity contribution in [3.63, 3.8) is 0 Å². The Morgan fingerprint density at radius 1 is 1.38 bits per heavy atom. The van der Waals surface area contributed by atoms with E-state index in [1.807, 2.05) is 11.8 Å². The van der Waals surface area contributed by atoms with Crippen molar-refractivity contribution in [2.75, 3.05) is 20.2 Å². The van der Waals surface area contributed by atoms with E-state index >= 15 is 0 Å². The van der Waals surface area contributed by atoms with Crippen LogP contribution in [0.15, 0.2) is 18.2 Å². The van der Waals surface area contributed by atoms with E-state index in [-0.39, 0.29) is 17.7 Å². The molecule has 21 heavy (non-hydrogen) atoms. The first-order chi connectivity index (χ1) is 10.1. The zero-order valence-electron chi connectivity index (χ0n) is 12.8. The molecule has 2 rings (SSSR count). The van der Waals surface area contributed by atoms with E-state index in [1.165, 1.54) is 6.42 Å². The lowest BCUT2D eigenvalue weighted by atomic mass is 10.1. The number of likely N-dealkylation sites (tertiary alicyclic amines) is 1. The minimum absolute atomic E-state index is 0.141. The van der Waals surface area contributed by atoms with E-state index in [0.717, 1.165) is 31.5 Å². The van der Waals surface area contributed by atoms with Gasteiger partial charge < -0.3 is 20.1 Å². The maximum atomic E-state index is 12.3. The Bertz CT molecular complexity index is 484. The molecule has 1 aliphatic heterocycles. The minimum Gasteiger partial charge on any atom is -0.507 e. The molecule has 5 heteroatoms. The normalized spacial score (nSPS) is 16.6. The van der Waals surface area contributed by atoms with Gasteiger partial charge in [0.25, 0.3) is 0 Å². The molecule has 0 aromatic heterocycles. The second-order valence-corrected chi connectivity index (χ2v) is 5.48. The number of phenolic OH excluding ortho intramolecular Hbond substituents is 1. The molecule has 1 amide bonds. The van der Waals surface area contributed by atoms with Crippen molar-refractivity contribution in [3.05, 3.63) is 23.8 Å². The predicted octanol–water partition coefficient (Wildman–Crippen LogP) is 1.89. The molecule has 5 nitrogen and oxygen atoms in total. The summed E-state index contributed by atoms with van der Waals surface area (Å²) in [5.74, 6) is 0.941. The van der Waals surface area contributed by atoms with Gasteiger partial charge in [-0.2, -0.15) is 0 Å². The van der Waals surface area contributed by atoms with Gasteiger partial charge in [-0.25, -0.2) is 0 Å². The van der Waals surface area contributed by atoms with Crippen molar-refractivity contribution in [3.8, 4) is 11.5 Å². The van der Waals surface area contributed by atoms with Crippen LogP contribution in [0, 0.1) is 0 Å². The summed E-state index contributed by atoms with van der Waals surface area (Å²) in [7, 11) is 1.56. The smallest absolute Gasteiger partial charge is 0.239 e. The third-order valence-electron chi connectivity index (χ3n) is 3.93. The summed E-state index contributed by atoms with van der Waals surface area (Å²) in [5.41, 5.74) is 0.758. The van der Waals surface area contributed by atoms with E-state index in [0.29, 0.717) is 12.3 Å². The highest BCUT2D eigenvalue weighted by Gasteiger charge is 2.21. The number of amides is 1. The van der Waals surface area contributed by atoms with Crippen LogP contribution in [0.2, 0.25) is 0 Å². The summed E-state index contributed by atoms with van der Waals surface area (Å²) in [4.78, 5) is 14.2. The number of benzene rings is 1. The van der Waals surface area contributed by atoms with Crippen molar-refractivity contribution in [2.45, 2.75) is 38.8 Å². The third kappa shape index (κ3) is 4.11. The number of hydrogen-bond acceptors (Lipinski definition) is 4. The topological polar surface area (TPSA) is 61.8 Å². The van der Waals surface area contributed by atoms with Gasteiger partial charge in [-0.1, -0.05) is 6.07 Å². The lowest BCUT2D eigenvalue weighted by Gasteiger charge is -2.29. The summed E-state index contributed by atoms with van der Waals surface area (Å²) in [6, 6.07) is 4.94. The molecule has 1 aromatic carbocycles. The summed E-state index contributed by atoms with van der Waals surface area (Å²) < 4.78 is 5.05. The summed E-state index contributed by atoms with van der Waals surface area (Å²) >= 11 is 0. The van der Waals surface area contributed by atoms with Crippen LogP contribution in [0.3, 0.4) is 0 Å². The first-order valence-electron chi connectivity index (χ1n) is 7.50. The number of aromatic hydroxyl groups is 1. The van der Waals surface area contributed by atoms with E-state index in [9.17, 15) is 9.90 Å². The van der Waals surface area contributed by atoms with Gasteiger partial charge in [0.15, 0.2) is 0 Å². The molecule has 116 valence electrons. The van der Waals surface area contributed by atoms with Crippen LogP contribution in [0.1, 0.15) is 31.7 Å². The average Bonchev–Trinajstić information content (AvgIpc) is 2.53. The van der Waals surface area contributed by atoms with Crippen LogP contribution in [-0.4, -0.2) is 42.2 Å². The van der Waals surface area contributed by atoms with Crippen LogP contribution in [0.5, 0.6) is 11.5 Å². The van der Waals surface area contributed by atoms with Gasteiger partial charge in [-0.3, -0.25) is 4.79 Å². The molecular weight excluding hydrogens is 268 g/mol. The number of hydrogen-bond donors (Lipinski definition) is 2. The van der Waals surface area contributed by atoms with Gasteiger partial charge in [0, 0.05) is 31.3 Å². The van der Waals surface area contributed by atoms with Crippen molar-refractivity contribution >= 4 is 5.91 Å². The molecule has 1 aromatic rings. The molecule has 0 aliphatic carbocycles. The van der Waals surface area contributed by atoms with Crippen molar-refractivity contribution in [2.24, 2.45) is 0 Å². The Hall–Kier alpha value is -1.75. The second-order valence-electron chi connectivity index (χ2n) is 5.48. The molecule has 0 spiro atoms. The fraction of sp³-hybridized carbons (Fsp3) is 0.562. The van der Waals surface area contributed by atoms with Crippen LogP contribution in [-0.2, 0) is 11.3 Å². The summed E-state index contributed by atoms with van der Waals surface area (Å²) in [5, 5.41) is 13.1. The van der Waals surface area contributed by atoms with Crippen LogP contribution in [0.4, 0.5) is 0 Å². The van der Waals surface area contributed by atoms with E-state index in [2.05, 4.69) is 5.32 Å². The molecule has 1 unspecified atom stereocenters. The molecule has 0 radical (unpaired) electrons. The largest absolute Gasteiger partial charge is 0.507 e. The first-order valence-corrected chi connectivity index (χ1v) is 7.50. The summed E-state index contributed by atoms with van der Waals surface area (Å²) in [6.45, 7) is 4.05. The Morgan fingerprint density at radius 3 is 2.71 bits per heavy atom. The quantitative estimate of drug-likeness (QED) is 0.870. The number of rotatable bonds is 5. The highest BCUT2D eigenvalue weighted by molar-refractivity contribution is 5.81. The Balaban J connectivity index is 1.88. The lowest BCUT2D eigenvalue weighted by Crippen LogP contribution is -2.46. The summed E-state index contributed by atoms with van der Waals surface area (Å²) in [6.07, 6.45) is 3.40. The molecule has 1 heterocycles. The maximum Gasteiger partial charge on any atom is 0.239 e. The molecule has 1 atom stereocenters. The minimum atomic E-state index is -0.246. The van der Waals surface area contributed by atoms with Crippen molar-refractivity contribution in [1.82, 2.24) is 10.2 Å². The van der Waals surface area contributed by atoms with Crippen LogP contribution in [0.25, 0.3) is 0 Å². The van der Waals surface area contributed by atoms with Crippen molar-refractivity contribution < 1.29 is 14.6 Å². The van der Waals surface area contributed by atoms with E-state index in [1.54, 1.807) is 25.3 Å². The predicted molar refractivity (Wildman–Crippen MR) is 81.4 cm³/mol. The molecule has 1 aliphatic rings. The number of ether oxygens (including phenoxy) is 1. The number of carbonyl (C=O) groups excluding carboxylic acids is 1. The highest BCUT2D eigenvalue weighted by atomic mass is 16.5. The molecule has 1 fully saturated rings. The molecule has 0 bridgehead atoms. The average molecular weight is 292 g/mol. The SMILES string of the molecule is COc1ccc(CNC(C)C(=O)N2CCCCC2)c(O)c1. The monoisotopic (exact) mass is 292 g/mol. The number of phenols is 1. The van der Waals surface area contributed by atoms with Crippen molar-refractivity contribution in [1.29, 1.82) is 0 Å². The van der Waals surface area contributed by atoms with Gasteiger partial charge >= 0.3 is 0 Å². The lowest BCUT2D eigenvalue weighted by molar-refractivity contribution is -0.133. The molecule has 0 saturated carbocycles. The number of carbonyl (C=O) groups is 1. The molecule has 2 N–H and O–H groups in total. The van der Waals surface area contributed by atoms with E-state index in [4.69, 9.17) is 4.74 Å². The second kappa shape index (κ2) is 7.31. The highest BCUT2D eigenvalue weighted by Crippen LogP contribution is 2.23. The van der Waals surface area contributed by atoms with Gasteiger partial charge in [-0.05, 0) is 32.3 Å². The van der Waals surface area contributed by atoms with Gasteiger partial charge in [0.05, 0.1) is 13.2 Å². The molecular formula is C16H24N2O3. The molecule has 1 saturated heterocycles. The van der Waals surface area contributed by atoms with Gasteiger partial charge in [0.2, 0.25) is 5.91 Å². The Kier molecular flexibility index (Phi) is 5.44. The first kappa shape index (κ1) is 15.6. The maximum absolute atomic E-state index is 12.3. The van der Waals surface area contributed by atoms with E-state index < -0.39 is 0 Å². The number of methoxy groups -OCH3 is 1. The van der Waals surface area contributed by atoms with Gasteiger partial charge in [-0.15, -0.1) is 0 Å². The standard InChI is InChI=1S/C16H24N2O3/c1-12(16(20)18-8-4-3-5-9-18)17-11-13-6-7-14(21-2)10-15(13)19/h6-7,10,12,17,19H,3-5,8-9,11H2,1-2H3. The number of piperidine rings is 1. The zero-order valence-corrected chi connectivity index (χ0v) is 12.8. The zero-order chi connectivity index (χ0) is 15.2. The van der Waals surface area contributed by atoms with Crippen LogP contribution < -0.4 is 10.1 Å². The number of nitrogens with one attached hydrogen (secondary N) is 1. The fourth-order valence-corrected chi connectivity index (χ4v) is 2.56. The Morgan fingerprint density at radius 2 is 2.10 bits per heavy atom. The van der Waals surface area contributed by atoms with Crippen LogP contribution >= 0.6 is 0 Å². The third-order valence-corrected chi connectivity index (χ3v) is 3.93.